The van der Waals surface area contributed by atoms with Gasteiger partial charge < -0.3 is 10.1 Å². The zero-order valence-electron chi connectivity index (χ0n) is 14.0. The maximum atomic E-state index is 13.7. The number of carbonyl (C=O) groups excluding carboxylic acids is 2. The highest BCUT2D eigenvalue weighted by Gasteiger charge is 2.17. The van der Waals surface area contributed by atoms with Crippen LogP contribution in [0.15, 0.2) is 42.5 Å². The maximum absolute atomic E-state index is 13.7. The Kier molecular flexibility index (Phi) is 5.13. The van der Waals surface area contributed by atoms with Crippen molar-refractivity contribution in [2.45, 2.75) is 6.92 Å². The number of ether oxygens (including phenoxy) is 1. The largest absolute Gasteiger partial charge is 0.451 e. The van der Waals surface area contributed by atoms with Crippen molar-refractivity contribution in [2.24, 2.45) is 0 Å². The number of esters is 1. The minimum Gasteiger partial charge on any atom is -0.451 e. The van der Waals surface area contributed by atoms with E-state index < -0.39 is 29.2 Å². The molecular formula is C18H13FN2O5S. The van der Waals surface area contributed by atoms with Crippen LogP contribution in [0.25, 0.3) is 10.1 Å². The van der Waals surface area contributed by atoms with Gasteiger partial charge in [-0.1, -0.05) is 12.1 Å². The highest BCUT2D eigenvalue weighted by molar-refractivity contribution is 7.20. The molecule has 2 aromatic carbocycles. The summed E-state index contributed by atoms with van der Waals surface area (Å²) < 4.78 is 19.2. The fourth-order valence-electron chi connectivity index (χ4n) is 2.47. The fourth-order valence-corrected chi connectivity index (χ4v) is 3.44. The number of nitrogens with one attached hydrogen (secondary N) is 1. The maximum Gasteiger partial charge on any atom is 0.348 e. The van der Waals surface area contributed by atoms with E-state index in [0.29, 0.717) is 15.6 Å². The lowest BCUT2D eigenvalue weighted by Gasteiger charge is -2.08. The predicted octanol–water partition coefficient (Wildman–Crippen LogP) is 4.05. The van der Waals surface area contributed by atoms with Gasteiger partial charge in [0, 0.05) is 16.2 Å². The Bertz CT molecular complexity index is 1060. The average Bonchev–Trinajstić information content (AvgIpc) is 3.07. The summed E-state index contributed by atoms with van der Waals surface area (Å²) in [4.78, 5) is 34.6. The topological polar surface area (TPSA) is 98.5 Å². The molecule has 138 valence electrons. The van der Waals surface area contributed by atoms with Crippen LogP contribution in [0, 0.1) is 22.9 Å². The summed E-state index contributed by atoms with van der Waals surface area (Å²) >= 11 is 1.06. The monoisotopic (exact) mass is 388 g/mol. The molecular weight excluding hydrogens is 375 g/mol. The zero-order chi connectivity index (χ0) is 19.6. The minimum absolute atomic E-state index is 0.128. The summed E-state index contributed by atoms with van der Waals surface area (Å²) in [5, 5.41) is 13.7. The minimum atomic E-state index is -0.749. The molecule has 0 saturated carbocycles. The number of hydrogen-bond acceptors (Lipinski definition) is 6. The summed E-state index contributed by atoms with van der Waals surface area (Å²) in [5.41, 5.74) is 0.424. The Labute approximate surface area is 156 Å². The normalized spacial score (nSPS) is 10.6. The van der Waals surface area contributed by atoms with Gasteiger partial charge in [0.2, 0.25) is 0 Å². The number of nitro benzene ring substituents is 1. The van der Waals surface area contributed by atoms with Gasteiger partial charge in [0.1, 0.15) is 10.7 Å². The van der Waals surface area contributed by atoms with E-state index in [-0.39, 0.29) is 16.3 Å². The Morgan fingerprint density at radius 2 is 2.00 bits per heavy atom. The molecule has 0 unspecified atom stereocenters. The average molecular weight is 388 g/mol. The van der Waals surface area contributed by atoms with Crippen LogP contribution >= 0.6 is 11.3 Å². The van der Waals surface area contributed by atoms with Crippen LogP contribution < -0.4 is 5.32 Å². The van der Waals surface area contributed by atoms with E-state index in [9.17, 15) is 24.1 Å². The number of hydrogen-bond donors (Lipinski definition) is 1. The Balaban J connectivity index is 1.65. The first-order valence-corrected chi connectivity index (χ1v) is 8.57. The first-order chi connectivity index (χ1) is 12.9. The number of rotatable bonds is 5. The molecule has 0 radical (unpaired) electrons. The van der Waals surface area contributed by atoms with Gasteiger partial charge in [-0.3, -0.25) is 14.9 Å². The van der Waals surface area contributed by atoms with Crippen molar-refractivity contribution < 1.29 is 23.6 Å². The van der Waals surface area contributed by atoms with Crippen molar-refractivity contribution in [1.29, 1.82) is 0 Å². The molecule has 0 aliphatic rings. The Morgan fingerprint density at radius 1 is 1.26 bits per heavy atom. The van der Waals surface area contributed by atoms with Crippen molar-refractivity contribution in [1.82, 2.24) is 0 Å². The molecule has 3 rings (SSSR count). The van der Waals surface area contributed by atoms with Crippen molar-refractivity contribution >= 4 is 44.7 Å². The smallest absolute Gasteiger partial charge is 0.348 e. The van der Waals surface area contributed by atoms with Crippen LogP contribution in [0.3, 0.4) is 0 Å². The molecule has 1 heterocycles. The van der Waals surface area contributed by atoms with Crippen LogP contribution in [0.5, 0.6) is 0 Å². The van der Waals surface area contributed by atoms with E-state index >= 15 is 0 Å². The van der Waals surface area contributed by atoms with Crippen LogP contribution in [0.2, 0.25) is 0 Å². The predicted molar refractivity (Wildman–Crippen MR) is 98.5 cm³/mol. The van der Waals surface area contributed by atoms with E-state index in [2.05, 4.69) is 5.32 Å². The molecule has 0 atom stereocenters. The number of halogens is 1. The second-order valence-corrected chi connectivity index (χ2v) is 6.68. The molecule has 0 aliphatic heterocycles. The molecule has 0 fully saturated rings. The van der Waals surface area contributed by atoms with Gasteiger partial charge in [0.25, 0.3) is 11.6 Å². The number of benzene rings is 2. The number of nitro groups is 1. The quantitative estimate of drug-likeness (QED) is 0.404. The van der Waals surface area contributed by atoms with Gasteiger partial charge in [0.05, 0.1) is 16.2 Å². The van der Waals surface area contributed by atoms with Gasteiger partial charge >= 0.3 is 5.97 Å². The van der Waals surface area contributed by atoms with Crippen molar-refractivity contribution in [2.75, 3.05) is 11.9 Å². The number of nitrogens with zero attached hydrogens (tertiary/aromatic N) is 1. The van der Waals surface area contributed by atoms with Crippen LogP contribution in [-0.2, 0) is 9.53 Å². The van der Waals surface area contributed by atoms with Crippen molar-refractivity contribution in [3.05, 3.63) is 68.8 Å². The van der Waals surface area contributed by atoms with Crippen molar-refractivity contribution in [3.63, 3.8) is 0 Å². The summed E-state index contributed by atoms with van der Waals surface area (Å²) in [6.07, 6.45) is 0. The second-order valence-electron chi connectivity index (χ2n) is 5.59. The van der Waals surface area contributed by atoms with E-state index in [4.69, 9.17) is 4.74 Å². The van der Waals surface area contributed by atoms with Gasteiger partial charge in [-0.2, -0.15) is 0 Å². The summed E-state index contributed by atoms with van der Waals surface area (Å²) in [7, 11) is 0. The van der Waals surface area contributed by atoms with Crippen LogP contribution in [-0.4, -0.2) is 23.4 Å². The molecule has 3 aromatic rings. The van der Waals surface area contributed by atoms with Gasteiger partial charge in [-0.05, 0) is 31.2 Å². The zero-order valence-corrected chi connectivity index (χ0v) is 14.8. The number of fused-ring (bicyclic) bond motifs is 1. The lowest BCUT2D eigenvalue weighted by molar-refractivity contribution is -0.385. The highest BCUT2D eigenvalue weighted by atomic mass is 32.1. The summed E-state index contributed by atoms with van der Waals surface area (Å²) in [5.74, 6) is -1.83. The number of amides is 1. The standard InChI is InChI=1S/C18H13FN2O5S/c1-10-13(5-3-6-14(10)21(24)25)20-17(22)9-26-18(23)16-8-11-12(19)4-2-7-15(11)27-16/h2-8H,9H2,1H3,(H,20,22). The van der Waals surface area contributed by atoms with Crippen LogP contribution in [0.4, 0.5) is 15.8 Å². The van der Waals surface area contributed by atoms with E-state index in [0.717, 1.165) is 11.3 Å². The van der Waals surface area contributed by atoms with E-state index in [1.54, 1.807) is 6.07 Å². The highest BCUT2D eigenvalue weighted by Crippen LogP contribution is 2.28. The Morgan fingerprint density at radius 3 is 2.70 bits per heavy atom. The first-order valence-electron chi connectivity index (χ1n) is 7.76. The van der Waals surface area contributed by atoms with Crippen molar-refractivity contribution in [3.8, 4) is 0 Å². The summed E-state index contributed by atoms with van der Waals surface area (Å²) in [6.45, 7) is 0.934. The molecule has 0 saturated heterocycles. The number of anilines is 1. The van der Waals surface area contributed by atoms with Gasteiger partial charge in [-0.25, -0.2) is 9.18 Å². The number of thiophene rings is 1. The third-order valence-electron chi connectivity index (χ3n) is 3.82. The molecule has 0 bridgehead atoms. The molecule has 9 heteroatoms. The third-order valence-corrected chi connectivity index (χ3v) is 4.90. The first kappa shape index (κ1) is 18.5. The Hall–Kier alpha value is -3.33. The molecule has 1 amide bonds. The van der Waals surface area contributed by atoms with E-state index in [1.807, 2.05) is 0 Å². The summed E-state index contributed by atoms with van der Waals surface area (Å²) in [6, 6.07) is 10.2. The fraction of sp³-hybridized carbons (Fsp3) is 0.111. The third kappa shape index (κ3) is 3.93. The molecule has 1 aromatic heterocycles. The lowest BCUT2D eigenvalue weighted by Crippen LogP contribution is -2.21. The van der Waals surface area contributed by atoms with Gasteiger partial charge in [0.15, 0.2) is 6.61 Å². The van der Waals surface area contributed by atoms with Gasteiger partial charge in [-0.15, -0.1) is 11.3 Å². The SMILES string of the molecule is Cc1c(NC(=O)COC(=O)c2cc3c(F)cccc3s2)cccc1[N+](=O)[O-]. The second kappa shape index (κ2) is 7.50. The molecule has 7 nitrogen and oxygen atoms in total. The molecule has 1 N–H and O–H groups in total. The van der Waals surface area contributed by atoms with E-state index in [1.165, 1.54) is 43.3 Å². The lowest BCUT2D eigenvalue weighted by atomic mass is 10.1. The number of carbonyl (C=O) groups is 2. The van der Waals surface area contributed by atoms with Crippen LogP contribution in [0.1, 0.15) is 15.2 Å². The molecule has 0 spiro atoms. The molecule has 27 heavy (non-hydrogen) atoms. The molecule has 0 aliphatic carbocycles.